The van der Waals surface area contributed by atoms with E-state index >= 15 is 0 Å². The van der Waals surface area contributed by atoms with Crippen LogP contribution in [0.4, 0.5) is 0 Å². The van der Waals surface area contributed by atoms with E-state index in [4.69, 9.17) is 4.74 Å². The molecule has 0 aromatic carbocycles. The molecule has 0 aromatic heterocycles. The first-order valence-corrected chi connectivity index (χ1v) is 12.6. The van der Waals surface area contributed by atoms with Crippen molar-refractivity contribution in [3.8, 4) is 0 Å². The highest BCUT2D eigenvalue weighted by molar-refractivity contribution is 5.78. The maximum atomic E-state index is 12.5. The Balaban J connectivity index is 1.08. The van der Waals surface area contributed by atoms with Crippen molar-refractivity contribution in [3.63, 3.8) is 0 Å². The van der Waals surface area contributed by atoms with Crippen molar-refractivity contribution in [2.24, 2.45) is 11.8 Å². The quantitative estimate of drug-likeness (QED) is 0.672. The van der Waals surface area contributed by atoms with E-state index in [1.165, 1.54) is 71.0 Å². The highest BCUT2D eigenvalue weighted by atomic mass is 16.5. The van der Waals surface area contributed by atoms with Crippen LogP contribution in [0.15, 0.2) is 0 Å². The zero-order chi connectivity index (χ0) is 19.9. The minimum absolute atomic E-state index is 0.211. The fraction of sp³-hybridized carbons (Fsp3) is 0.958. The molecule has 0 bridgehead atoms. The summed E-state index contributed by atoms with van der Waals surface area (Å²) in [6.07, 6.45) is 16.0. The van der Waals surface area contributed by atoms with Gasteiger partial charge in [0.1, 0.15) is 0 Å². The lowest BCUT2D eigenvalue weighted by molar-refractivity contribution is -0.127. The molecule has 3 aliphatic heterocycles. The molecule has 5 heteroatoms. The normalized spacial score (nSPS) is 28.9. The molecule has 3 saturated heterocycles. The molecule has 1 unspecified atom stereocenters. The number of amides is 1. The van der Waals surface area contributed by atoms with Crippen LogP contribution < -0.4 is 5.32 Å². The summed E-state index contributed by atoms with van der Waals surface area (Å²) in [5.41, 5.74) is 0. The van der Waals surface area contributed by atoms with Crippen LogP contribution >= 0.6 is 0 Å². The van der Waals surface area contributed by atoms with Gasteiger partial charge in [0.15, 0.2) is 0 Å². The number of ether oxygens (including phenoxy) is 1. The number of likely N-dealkylation sites (tertiary alicyclic amines) is 2. The van der Waals surface area contributed by atoms with Gasteiger partial charge in [0, 0.05) is 25.1 Å². The van der Waals surface area contributed by atoms with Gasteiger partial charge in [-0.1, -0.05) is 25.7 Å². The summed E-state index contributed by atoms with van der Waals surface area (Å²) < 4.78 is 5.62. The van der Waals surface area contributed by atoms with Crippen molar-refractivity contribution >= 4 is 5.91 Å². The molecule has 3 heterocycles. The van der Waals surface area contributed by atoms with Gasteiger partial charge in [0.25, 0.3) is 0 Å². The predicted octanol–water partition coefficient (Wildman–Crippen LogP) is 3.43. The molecule has 0 aromatic rings. The topological polar surface area (TPSA) is 44.8 Å². The zero-order valence-corrected chi connectivity index (χ0v) is 18.5. The molecule has 0 spiro atoms. The summed E-state index contributed by atoms with van der Waals surface area (Å²) in [6, 6.07) is 0.747. The zero-order valence-electron chi connectivity index (χ0n) is 18.5. The maximum Gasteiger partial charge on any atom is 0.223 e. The first-order chi connectivity index (χ1) is 14.3. The highest BCUT2D eigenvalue weighted by Gasteiger charge is 2.31. The van der Waals surface area contributed by atoms with Crippen molar-refractivity contribution in [2.75, 3.05) is 45.9 Å². The van der Waals surface area contributed by atoms with Crippen LogP contribution in [-0.2, 0) is 9.53 Å². The van der Waals surface area contributed by atoms with Crippen LogP contribution in [0.25, 0.3) is 0 Å². The molecule has 4 aliphatic rings. The predicted molar refractivity (Wildman–Crippen MR) is 117 cm³/mol. The van der Waals surface area contributed by atoms with E-state index in [1.807, 2.05) is 0 Å². The lowest BCUT2D eigenvalue weighted by atomic mass is 9.92. The van der Waals surface area contributed by atoms with Crippen molar-refractivity contribution in [3.05, 3.63) is 0 Å². The third-order valence-electron chi connectivity index (χ3n) is 8.06. The van der Waals surface area contributed by atoms with Crippen LogP contribution in [0.3, 0.4) is 0 Å². The first-order valence-electron chi connectivity index (χ1n) is 12.6. The second-order valence-corrected chi connectivity index (χ2v) is 10.1. The molecule has 29 heavy (non-hydrogen) atoms. The van der Waals surface area contributed by atoms with Gasteiger partial charge >= 0.3 is 0 Å². The standard InChI is InChI=1S/C24H43N3O2/c28-24(25-19-23-8-4-18-29-23)21-9-16-27(17-10-21)22-11-14-26(15-12-22)13-3-7-20-5-1-2-6-20/h20-23H,1-19H2,(H,25,28). The molecule has 1 saturated carbocycles. The lowest BCUT2D eigenvalue weighted by Gasteiger charge is -2.41. The number of nitrogens with one attached hydrogen (secondary N) is 1. The van der Waals surface area contributed by atoms with Gasteiger partial charge in [-0.05, 0) is 90.0 Å². The van der Waals surface area contributed by atoms with E-state index in [0.717, 1.165) is 57.3 Å². The third kappa shape index (κ3) is 6.41. The van der Waals surface area contributed by atoms with Gasteiger partial charge in [-0.2, -0.15) is 0 Å². The largest absolute Gasteiger partial charge is 0.376 e. The highest BCUT2D eigenvalue weighted by Crippen LogP contribution is 2.29. The van der Waals surface area contributed by atoms with Crippen LogP contribution in [0.2, 0.25) is 0 Å². The second-order valence-electron chi connectivity index (χ2n) is 10.1. The Bertz CT molecular complexity index is 486. The number of carbonyl (C=O) groups excluding carboxylic acids is 1. The Morgan fingerprint density at radius 3 is 2.34 bits per heavy atom. The molecule has 1 atom stereocenters. The van der Waals surface area contributed by atoms with E-state index in [9.17, 15) is 4.79 Å². The summed E-state index contributed by atoms with van der Waals surface area (Å²) in [7, 11) is 0. The molecule has 4 rings (SSSR count). The monoisotopic (exact) mass is 405 g/mol. The van der Waals surface area contributed by atoms with Gasteiger partial charge in [-0.25, -0.2) is 0 Å². The Morgan fingerprint density at radius 1 is 0.897 bits per heavy atom. The molecule has 0 radical (unpaired) electrons. The van der Waals surface area contributed by atoms with Crippen LogP contribution in [0.5, 0.6) is 0 Å². The molecule has 1 N–H and O–H groups in total. The third-order valence-corrected chi connectivity index (χ3v) is 8.06. The smallest absolute Gasteiger partial charge is 0.223 e. The van der Waals surface area contributed by atoms with Gasteiger partial charge in [0.2, 0.25) is 5.91 Å². The minimum Gasteiger partial charge on any atom is -0.376 e. The Labute approximate surface area is 177 Å². The van der Waals surface area contributed by atoms with Gasteiger partial charge < -0.3 is 19.9 Å². The van der Waals surface area contributed by atoms with Crippen molar-refractivity contribution in [2.45, 2.75) is 89.2 Å². The summed E-state index contributed by atoms with van der Waals surface area (Å²) in [5, 5.41) is 3.15. The molecule has 5 nitrogen and oxygen atoms in total. The molecular weight excluding hydrogens is 362 g/mol. The fourth-order valence-corrected chi connectivity index (χ4v) is 6.10. The average Bonchev–Trinajstić information content (AvgIpc) is 3.47. The lowest BCUT2D eigenvalue weighted by Crippen LogP contribution is -2.49. The van der Waals surface area contributed by atoms with Crippen LogP contribution in [-0.4, -0.2) is 73.7 Å². The average molecular weight is 406 g/mol. The number of piperidine rings is 2. The maximum absolute atomic E-state index is 12.5. The van der Waals surface area contributed by atoms with Crippen molar-refractivity contribution < 1.29 is 9.53 Å². The van der Waals surface area contributed by atoms with Crippen molar-refractivity contribution in [1.82, 2.24) is 15.1 Å². The molecular formula is C24H43N3O2. The number of nitrogens with zero attached hydrogens (tertiary/aromatic N) is 2. The number of hydrogen-bond acceptors (Lipinski definition) is 4. The SMILES string of the molecule is O=C(NCC1CCCO1)C1CCN(C2CCN(CCCC3CCCC3)CC2)CC1. The summed E-state index contributed by atoms with van der Waals surface area (Å²) in [6.45, 7) is 7.63. The molecule has 1 aliphatic carbocycles. The molecule has 166 valence electrons. The molecule has 4 fully saturated rings. The van der Waals surface area contributed by atoms with Crippen LogP contribution in [0.1, 0.15) is 77.0 Å². The van der Waals surface area contributed by atoms with Crippen LogP contribution in [0, 0.1) is 11.8 Å². The summed E-state index contributed by atoms with van der Waals surface area (Å²) in [5.74, 6) is 1.51. The van der Waals surface area contributed by atoms with Gasteiger partial charge in [-0.3, -0.25) is 4.79 Å². The summed E-state index contributed by atoms with van der Waals surface area (Å²) in [4.78, 5) is 17.9. The van der Waals surface area contributed by atoms with E-state index < -0.39 is 0 Å². The van der Waals surface area contributed by atoms with E-state index in [0.29, 0.717) is 6.54 Å². The van der Waals surface area contributed by atoms with E-state index in [2.05, 4.69) is 15.1 Å². The number of carbonyl (C=O) groups is 1. The summed E-state index contributed by atoms with van der Waals surface area (Å²) >= 11 is 0. The second kappa shape index (κ2) is 11.1. The fourth-order valence-electron chi connectivity index (χ4n) is 6.10. The Kier molecular flexibility index (Phi) is 8.26. The van der Waals surface area contributed by atoms with E-state index in [1.54, 1.807) is 0 Å². The molecule has 1 amide bonds. The number of rotatable bonds is 8. The van der Waals surface area contributed by atoms with Crippen molar-refractivity contribution in [1.29, 1.82) is 0 Å². The Hall–Kier alpha value is -0.650. The minimum atomic E-state index is 0.211. The van der Waals surface area contributed by atoms with E-state index in [-0.39, 0.29) is 17.9 Å². The first kappa shape index (κ1) is 21.6. The Morgan fingerprint density at radius 2 is 1.66 bits per heavy atom. The van der Waals surface area contributed by atoms with Gasteiger partial charge in [-0.15, -0.1) is 0 Å². The number of hydrogen-bond donors (Lipinski definition) is 1. The van der Waals surface area contributed by atoms with Gasteiger partial charge in [0.05, 0.1) is 6.10 Å².